The molecule has 3 rings (SSSR count). The van der Waals surface area contributed by atoms with Gasteiger partial charge in [0.05, 0.1) is 0 Å². The van der Waals surface area contributed by atoms with E-state index < -0.39 is 0 Å². The number of nitrogens with one attached hydrogen (secondary N) is 1. The quantitative estimate of drug-likeness (QED) is 0.810. The van der Waals surface area contributed by atoms with Gasteiger partial charge in [0, 0.05) is 30.7 Å². The van der Waals surface area contributed by atoms with Gasteiger partial charge in [-0.05, 0) is 44.9 Å². The van der Waals surface area contributed by atoms with E-state index >= 15 is 0 Å². The molecular formula is C15H28N2. The third-order valence-electron chi connectivity index (χ3n) is 5.53. The third-order valence-corrected chi connectivity index (χ3v) is 5.53. The summed E-state index contributed by atoms with van der Waals surface area (Å²) >= 11 is 0. The standard InChI is InChI=1S/C15H28N2/c1-3-14-10-16-15(8-4-5-9-15)11-17(14)12(2)13-6-7-13/h12-14,16H,3-11H2,1-2H3. The Balaban J connectivity index is 1.71. The Morgan fingerprint density at radius 2 is 2.00 bits per heavy atom. The van der Waals surface area contributed by atoms with Gasteiger partial charge in [0.25, 0.3) is 0 Å². The Kier molecular flexibility index (Phi) is 3.20. The monoisotopic (exact) mass is 236 g/mol. The van der Waals surface area contributed by atoms with Gasteiger partial charge in [-0.15, -0.1) is 0 Å². The van der Waals surface area contributed by atoms with Crippen molar-refractivity contribution in [3.05, 3.63) is 0 Å². The first kappa shape index (κ1) is 12.0. The molecule has 1 aliphatic heterocycles. The molecular weight excluding hydrogens is 208 g/mol. The molecule has 0 bridgehead atoms. The van der Waals surface area contributed by atoms with E-state index in [1.54, 1.807) is 0 Å². The average Bonchev–Trinajstić information content (AvgIpc) is 3.11. The second kappa shape index (κ2) is 4.55. The van der Waals surface area contributed by atoms with E-state index in [2.05, 4.69) is 24.1 Å². The Labute approximate surface area is 106 Å². The summed E-state index contributed by atoms with van der Waals surface area (Å²) in [5, 5.41) is 3.90. The van der Waals surface area contributed by atoms with Crippen molar-refractivity contribution in [2.75, 3.05) is 13.1 Å². The zero-order valence-corrected chi connectivity index (χ0v) is 11.5. The molecule has 0 radical (unpaired) electrons. The molecule has 3 aliphatic rings. The van der Waals surface area contributed by atoms with E-state index in [1.807, 2.05) is 0 Å². The maximum absolute atomic E-state index is 3.90. The number of hydrogen-bond donors (Lipinski definition) is 1. The molecule has 0 aromatic rings. The van der Waals surface area contributed by atoms with Crippen LogP contribution in [0.5, 0.6) is 0 Å². The van der Waals surface area contributed by atoms with Crippen LogP contribution in [0.3, 0.4) is 0 Å². The minimum Gasteiger partial charge on any atom is -0.308 e. The fourth-order valence-corrected chi connectivity index (χ4v) is 4.08. The molecule has 3 fully saturated rings. The number of rotatable bonds is 3. The first-order valence-electron chi connectivity index (χ1n) is 7.75. The van der Waals surface area contributed by atoms with Crippen LogP contribution >= 0.6 is 0 Å². The van der Waals surface area contributed by atoms with E-state index in [9.17, 15) is 0 Å². The molecule has 1 spiro atoms. The second-order valence-electron chi connectivity index (χ2n) is 6.68. The van der Waals surface area contributed by atoms with Crippen LogP contribution in [-0.4, -0.2) is 35.6 Å². The first-order chi connectivity index (χ1) is 8.24. The number of nitrogens with zero attached hydrogens (tertiary/aromatic N) is 1. The fraction of sp³-hybridized carbons (Fsp3) is 1.00. The van der Waals surface area contributed by atoms with Crippen molar-refractivity contribution in [1.29, 1.82) is 0 Å². The van der Waals surface area contributed by atoms with E-state index in [-0.39, 0.29) is 0 Å². The Hall–Kier alpha value is -0.0800. The summed E-state index contributed by atoms with van der Waals surface area (Å²) in [6.45, 7) is 7.39. The van der Waals surface area contributed by atoms with Crippen molar-refractivity contribution >= 4 is 0 Å². The predicted octanol–water partition coefficient (Wildman–Crippen LogP) is 2.78. The highest BCUT2D eigenvalue weighted by Gasteiger charge is 2.44. The van der Waals surface area contributed by atoms with Gasteiger partial charge in [-0.2, -0.15) is 0 Å². The van der Waals surface area contributed by atoms with Crippen LogP contribution in [-0.2, 0) is 0 Å². The van der Waals surface area contributed by atoms with E-state index in [1.165, 1.54) is 58.0 Å². The smallest absolute Gasteiger partial charge is 0.0309 e. The molecule has 0 aromatic heterocycles. The van der Waals surface area contributed by atoms with Crippen molar-refractivity contribution in [3.8, 4) is 0 Å². The highest BCUT2D eigenvalue weighted by Crippen LogP contribution is 2.40. The number of hydrogen-bond acceptors (Lipinski definition) is 2. The lowest BCUT2D eigenvalue weighted by molar-refractivity contribution is 0.0391. The molecule has 2 nitrogen and oxygen atoms in total. The van der Waals surface area contributed by atoms with Gasteiger partial charge in [0.15, 0.2) is 0 Å². The highest BCUT2D eigenvalue weighted by atomic mass is 15.3. The summed E-state index contributed by atoms with van der Waals surface area (Å²) in [5.74, 6) is 1.01. The normalized spacial score (nSPS) is 35.3. The summed E-state index contributed by atoms with van der Waals surface area (Å²) in [7, 11) is 0. The lowest BCUT2D eigenvalue weighted by atomic mass is 9.90. The van der Waals surface area contributed by atoms with Crippen LogP contribution in [0.4, 0.5) is 0 Å². The Bertz CT molecular complexity index is 264. The van der Waals surface area contributed by atoms with Crippen molar-refractivity contribution in [2.24, 2.45) is 5.92 Å². The summed E-state index contributed by atoms with van der Waals surface area (Å²) in [6.07, 6.45) is 9.97. The van der Waals surface area contributed by atoms with E-state index in [0.29, 0.717) is 5.54 Å². The highest BCUT2D eigenvalue weighted by molar-refractivity contribution is 5.03. The topological polar surface area (TPSA) is 15.3 Å². The molecule has 1 saturated heterocycles. The zero-order valence-electron chi connectivity index (χ0n) is 11.5. The summed E-state index contributed by atoms with van der Waals surface area (Å²) in [5.41, 5.74) is 0.495. The molecule has 2 unspecified atom stereocenters. The molecule has 98 valence electrons. The molecule has 2 aliphatic carbocycles. The third kappa shape index (κ3) is 2.26. The van der Waals surface area contributed by atoms with Crippen molar-refractivity contribution in [3.63, 3.8) is 0 Å². The zero-order chi connectivity index (χ0) is 11.9. The maximum atomic E-state index is 3.90. The second-order valence-corrected chi connectivity index (χ2v) is 6.68. The van der Waals surface area contributed by atoms with E-state index in [0.717, 1.165) is 18.0 Å². The lowest BCUT2D eigenvalue weighted by Crippen LogP contribution is -2.65. The minimum absolute atomic E-state index is 0.495. The van der Waals surface area contributed by atoms with Crippen LogP contribution in [0.15, 0.2) is 0 Å². The molecule has 2 atom stereocenters. The van der Waals surface area contributed by atoms with Gasteiger partial charge >= 0.3 is 0 Å². The summed E-state index contributed by atoms with van der Waals surface area (Å²) in [6, 6.07) is 1.62. The molecule has 0 amide bonds. The fourth-order valence-electron chi connectivity index (χ4n) is 4.08. The van der Waals surface area contributed by atoms with Crippen molar-refractivity contribution in [2.45, 2.75) is 76.4 Å². The van der Waals surface area contributed by atoms with Crippen LogP contribution in [0, 0.1) is 5.92 Å². The van der Waals surface area contributed by atoms with Crippen LogP contribution in [0.1, 0.15) is 58.8 Å². The minimum atomic E-state index is 0.495. The molecule has 2 heteroatoms. The lowest BCUT2D eigenvalue weighted by Gasteiger charge is -2.49. The Morgan fingerprint density at radius 1 is 1.29 bits per heavy atom. The number of piperazine rings is 1. The van der Waals surface area contributed by atoms with Gasteiger partial charge in [-0.3, -0.25) is 4.90 Å². The van der Waals surface area contributed by atoms with Gasteiger partial charge in [-0.25, -0.2) is 0 Å². The molecule has 2 saturated carbocycles. The first-order valence-corrected chi connectivity index (χ1v) is 7.75. The van der Waals surface area contributed by atoms with Gasteiger partial charge < -0.3 is 5.32 Å². The van der Waals surface area contributed by atoms with E-state index in [4.69, 9.17) is 0 Å². The molecule has 1 N–H and O–H groups in total. The Morgan fingerprint density at radius 3 is 2.59 bits per heavy atom. The van der Waals surface area contributed by atoms with Crippen LogP contribution in [0.2, 0.25) is 0 Å². The molecule has 17 heavy (non-hydrogen) atoms. The van der Waals surface area contributed by atoms with Crippen molar-refractivity contribution in [1.82, 2.24) is 10.2 Å². The average molecular weight is 236 g/mol. The predicted molar refractivity (Wildman–Crippen MR) is 72.2 cm³/mol. The van der Waals surface area contributed by atoms with Crippen LogP contribution < -0.4 is 5.32 Å². The summed E-state index contributed by atoms with van der Waals surface area (Å²) in [4.78, 5) is 2.86. The maximum Gasteiger partial charge on any atom is 0.0309 e. The van der Waals surface area contributed by atoms with Crippen molar-refractivity contribution < 1.29 is 0 Å². The van der Waals surface area contributed by atoms with Gasteiger partial charge in [0.2, 0.25) is 0 Å². The van der Waals surface area contributed by atoms with Crippen LogP contribution in [0.25, 0.3) is 0 Å². The van der Waals surface area contributed by atoms with Gasteiger partial charge in [0.1, 0.15) is 0 Å². The molecule has 0 aromatic carbocycles. The summed E-state index contributed by atoms with van der Waals surface area (Å²) < 4.78 is 0. The largest absolute Gasteiger partial charge is 0.308 e. The SMILES string of the molecule is CCC1CNC2(CCCC2)CN1C(C)C1CC1. The molecule has 1 heterocycles. The van der Waals surface area contributed by atoms with Gasteiger partial charge in [-0.1, -0.05) is 19.8 Å².